The van der Waals surface area contributed by atoms with E-state index < -0.39 is 0 Å². The molecule has 1 saturated heterocycles. The standard InChI is InChI=1S/C18H25ClO/c1-14-5-4-6-15(11-14)16(13-19)12-17-7-10-18(20-17)8-2-3-9-18/h4-6,11,16-17H,2-3,7-10,12-13H2,1H3. The lowest BCUT2D eigenvalue weighted by Gasteiger charge is -2.25. The maximum atomic E-state index is 6.44. The van der Waals surface area contributed by atoms with Crippen LogP contribution in [0.15, 0.2) is 24.3 Å². The van der Waals surface area contributed by atoms with Gasteiger partial charge in [0, 0.05) is 5.88 Å². The van der Waals surface area contributed by atoms with Gasteiger partial charge in [-0.05, 0) is 50.5 Å². The summed E-state index contributed by atoms with van der Waals surface area (Å²) in [4.78, 5) is 0. The van der Waals surface area contributed by atoms with Gasteiger partial charge in [-0.3, -0.25) is 0 Å². The highest BCUT2D eigenvalue weighted by Gasteiger charge is 2.42. The first kappa shape index (κ1) is 14.4. The fourth-order valence-corrected chi connectivity index (χ4v) is 4.28. The van der Waals surface area contributed by atoms with Crippen molar-refractivity contribution in [2.75, 3.05) is 5.88 Å². The van der Waals surface area contributed by atoms with Crippen LogP contribution in [0, 0.1) is 6.92 Å². The van der Waals surface area contributed by atoms with Gasteiger partial charge >= 0.3 is 0 Å². The maximum Gasteiger partial charge on any atom is 0.0687 e. The van der Waals surface area contributed by atoms with Gasteiger partial charge in [-0.1, -0.05) is 42.7 Å². The highest BCUT2D eigenvalue weighted by molar-refractivity contribution is 6.18. The summed E-state index contributed by atoms with van der Waals surface area (Å²) in [5.41, 5.74) is 2.93. The maximum absolute atomic E-state index is 6.44. The number of benzene rings is 1. The molecule has 2 fully saturated rings. The van der Waals surface area contributed by atoms with Gasteiger partial charge in [0.25, 0.3) is 0 Å². The minimum Gasteiger partial charge on any atom is -0.372 e. The second-order valence-corrected chi connectivity index (χ2v) is 6.98. The van der Waals surface area contributed by atoms with E-state index in [9.17, 15) is 0 Å². The van der Waals surface area contributed by atoms with Gasteiger partial charge in [0.15, 0.2) is 0 Å². The monoisotopic (exact) mass is 292 g/mol. The molecule has 2 unspecified atom stereocenters. The van der Waals surface area contributed by atoms with Crippen LogP contribution in [0.3, 0.4) is 0 Å². The minimum absolute atomic E-state index is 0.244. The smallest absolute Gasteiger partial charge is 0.0687 e. The van der Waals surface area contributed by atoms with E-state index in [-0.39, 0.29) is 5.60 Å². The third-order valence-corrected chi connectivity index (χ3v) is 5.47. The van der Waals surface area contributed by atoms with Gasteiger partial charge in [-0.25, -0.2) is 0 Å². The van der Waals surface area contributed by atoms with Crippen LogP contribution < -0.4 is 0 Å². The van der Waals surface area contributed by atoms with Crippen LogP contribution in [-0.2, 0) is 4.74 Å². The second-order valence-electron chi connectivity index (χ2n) is 6.67. The molecule has 1 aliphatic carbocycles. The van der Waals surface area contributed by atoms with Gasteiger partial charge in [0.2, 0.25) is 0 Å². The summed E-state index contributed by atoms with van der Waals surface area (Å²) < 4.78 is 6.44. The molecule has 1 saturated carbocycles. The van der Waals surface area contributed by atoms with Gasteiger partial charge in [0.1, 0.15) is 0 Å². The number of hydrogen-bond donors (Lipinski definition) is 0. The zero-order valence-electron chi connectivity index (χ0n) is 12.4. The Labute approximate surface area is 127 Å². The van der Waals surface area contributed by atoms with E-state index in [0.29, 0.717) is 17.9 Å². The molecule has 0 aromatic heterocycles. The van der Waals surface area contributed by atoms with Crippen LogP contribution in [-0.4, -0.2) is 17.6 Å². The SMILES string of the molecule is Cc1cccc(C(CCl)CC2CCC3(CCCC3)O2)c1. The number of rotatable bonds is 4. The van der Waals surface area contributed by atoms with E-state index in [4.69, 9.17) is 16.3 Å². The first-order valence-electron chi connectivity index (χ1n) is 8.01. The summed E-state index contributed by atoms with van der Waals surface area (Å²) in [6, 6.07) is 8.76. The normalized spacial score (nSPS) is 26.2. The molecule has 1 aliphatic heterocycles. The Balaban J connectivity index is 1.64. The van der Waals surface area contributed by atoms with Crippen molar-refractivity contribution in [3.63, 3.8) is 0 Å². The summed E-state index contributed by atoms with van der Waals surface area (Å²) in [6.07, 6.45) is 9.23. The highest BCUT2D eigenvalue weighted by Crippen LogP contribution is 2.45. The summed E-state index contributed by atoms with van der Waals surface area (Å²) in [5, 5.41) is 0. The summed E-state index contributed by atoms with van der Waals surface area (Å²) >= 11 is 6.23. The van der Waals surface area contributed by atoms with Crippen molar-refractivity contribution < 1.29 is 4.74 Å². The topological polar surface area (TPSA) is 9.23 Å². The van der Waals surface area contributed by atoms with E-state index in [0.717, 1.165) is 6.42 Å². The minimum atomic E-state index is 0.244. The predicted octanol–water partition coefficient (Wildman–Crippen LogP) is 5.20. The molecule has 2 atom stereocenters. The van der Waals surface area contributed by atoms with Gasteiger partial charge < -0.3 is 4.74 Å². The van der Waals surface area contributed by atoms with Crippen molar-refractivity contribution in [1.29, 1.82) is 0 Å². The number of halogens is 1. The molecule has 1 spiro atoms. The molecule has 1 heterocycles. The Bertz CT molecular complexity index is 450. The van der Waals surface area contributed by atoms with E-state index in [1.165, 1.54) is 49.7 Å². The molecule has 20 heavy (non-hydrogen) atoms. The van der Waals surface area contributed by atoms with Crippen LogP contribution in [0.1, 0.15) is 62.0 Å². The molecule has 110 valence electrons. The second kappa shape index (κ2) is 6.07. The van der Waals surface area contributed by atoms with Gasteiger partial charge in [-0.15, -0.1) is 11.6 Å². The fourth-order valence-electron chi connectivity index (χ4n) is 3.98. The Kier molecular flexibility index (Phi) is 4.37. The van der Waals surface area contributed by atoms with Crippen molar-refractivity contribution in [2.24, 2.45) is 0 Å². The molecule has 2 aliphatic rings. The Morgan fingerprint density at radius 2 is 2.10 bits per heavy atom. The molecule has 0 radical (unpaired) electrons. The lowest BCUT2D eigenvalue weighted by atomic mass is 9.92. The fraction of sp³-hybridized carbons (Fsp3) is 0.667. The van der Waals surface area contributed by atoms with Crippen LogP contribution in [0.25, 0.3) is 0 Å². The van der Waals surface area contributed by atoms with Crippen LogP contribution in [0.2, 0.25) is 0 Å². The molecule has 2 heteroatoms. The zero-order valence-corrected chi connectivity index (χ0v) is 13.2. The number of hydrogen-bond acceptors (Lipinski definition) is 1. The van der Waals surface area contributed by atoms with Crippen molar-refractivity contribution in [3.05, 3.63) is 35.4 Å². The molecule has 1 aromatic carbocycles. The lowest BCUT2D eigenvalue weighted by Crippen LogP contribution is -2.25. The number of ether oxygens (including phenoxy) is 1. The van der Waals surface area contributed by atoms with Crippen molar-refractivity contribution in [2.45, 2.75) is 69.5 Å². The molecular weight excluding hydrogens is 268 g/mol. The molecule has 1 nitrogen and oxygen atoms in total. The first-order chi connectivity index (χ1) is 9.71. The third kappa shape index (κ3) is 3.04. The average molecular weight is 293 g/mol. The van der Waals surface area contributed by atoms with E-state index in [1.807, 2.05) is 0 Å². The molecule has 0 amide bonds. The summed E-state index contributed by atoms with van der Waals surface area (Å²) in [5.74, 6) is 1.12. The molecule has 0 N–H and O–H groups in total. The number of aryl methyl sites for hydroxylation is 1. The van der Waals surface area contributed by atoms with Crippen molar-refractivity contribution in [3.8, 4) is 0 Å². The molecular formula is C18H25ClO. The molecule has 3 rings (SSSR count). The van der Waals surface area contributed by atoms with Crippen LogP contribution >= 0.6 is 11.6 Å². The summed E-state index contributed by atoms with van der Waals surface area (Å²) in [6.45, 7) is 2.15. The average Bonchev–Trinajstić information content (AvgIpc) is 3.07. The van der Waals surface area contributed by atoms with Gasteiger partial charge in [-0.2, -0.15) is 0 Å². The summed E-state index contributed by atoms with van der Waals surface area (Å²) in [7, 11) is 0. The van der Waals surface area contributed by atoms with E-state index in [2.05, 4.69) is 31.2 Å². The third-order valence-electron chi connectivity index (χ3n) is 5.10. The van der Waals surface area contributed by atoms with Gasteiger partial charge in [0.05, 0.1) is 11.7 Å². The first-order valence-corrected chi connectivity index (χ1v) is 8.55. The molecule has 0 bridgehead atoms. The Morgan fingerprint density at radius 3 is 2.80 bits per heavy atom. The highest BCUT2D eigenvalue weighted by atomic mass is 35.5. The lowest BCUT2D eigenvalue weighted by molar-refractivity contribution is -0.0405. The molecule has 1 aromatic rings. The largest absolute Gasteiger partial charge is 0.372 e. The quantitative estimate of drug-likeness (QED) is 0.693. The van der Waals surface area contributed by atoms with Crippen molar-refractivity contribution >= 4 is 11.6 Å². The predicted molar refractivity (Wildman–Crippen MR) is 84.6 cm³/mol. The van der Waals surface area contributed by atoms with Crippen LogP contribution in [0.5, 0.6) is 0 Å². The zero-order chi connectivity index (χ0) is 14.0. The van der Waals surface area contributed by atoms with E-state index >= 15 is 0 Å². The Morgan fingerprint density at radius 1 is 1.30 bits per heavy atom. The number of alkyl halides is 1. The van der Waals surface area contributed by atoms with Crippen molar-refractivity contribution in [1.82, 2.24) is 0 Å². The van der Waals surface area contributed by atoms with Crippen LogP contribution in [0.4, 0.5) is 0 Å². The Hall–Kier alpha value is -0.530. The van der Waals surface area contributed by atoms with E-state index in [1.54, 1.807) is 0 Å².